The van der Waals surface area contributed by atoms with Crippen LogP contribution >= 0.6 is 0 Å². The van der Waals surface area contributed by atoms with Crippen LogP contribution < -0.4 is 10.0 Å². The highest BCUT2D eigenvalue weighted by Crippen LogP contribution is 2.24. The van der Waals surface area contributed by atoms with Gasteiger partial charge in [0.15, 0.2) is 0 Å². The van der Waals surface area contributed by atoms with E-state index in [0.717, 1.165) is 51.6 Å². The molecule has 2 fully saturated rings. The molecule has 7 heteroatoms. The average molecular weight is 319 g/mol. The summed E-state index contributed by atoms with van der Waals surface area (Å²) in [5.74, 6) is 0. The van der Waals surface area contributed by atoms with Crippen LogP contribution in [0.3, 0.4) is 0 Å². The molecule has 1 saturated heterocycles. The summed E-state index contributed by atoms with van der Waals surface area (Å²) in [5, 5.41) is 3.28. The van der Waals surface area contributed by atoms with Gasteiger partial charge in [-0.2, -0.15) is 17.4 Å². The van der Waals surface area contributed by atoms with Gasteiger partial charge in [-0.15, -0.1) is 0 Å². The third kappa shape index (κ3) is 4.63. The summed E-state index contributed by atoms with van der Waals surface area (Å²) in [6.45, 7) is 4.29. The van der Waals surface area contributed by atoms with E-state index in [-0.39, 0.29) is 18.2 Å². The fourth-order valence-corrected chi connectivity index (χ4v) is 5.06. The zero-order chi connectivity index (χ0) is 15.3. The molecule has 1 aliphatic carbocycles. The van der Waals surface area contributed by atoms with Crippen molar-refractivity contribution in [1.29, 1.82) is 0 Å². The quantitative estimate of drug-likeness (QED) is 0.730. The van der Waals surface area contributed by atoms with E-state index in [1.54, 1.807) is 11.4 Å². The van der Waals surface area contributed by atoms with E-state index in [1.165, 1.54) is 0 Å². The number of nitrogens with zero attached hydrogens (tertiary/aromatic N) is 1. The van der Waals surface area contributed by atoms with Gasteiger partial charge in [0.05, 0.1) is 6.10 Å². The van der Waals surface area contributed by atoms with Crippen LogP contribution in [0.1, 0.15) is 45.4 Å². The number of methoxy groups -OCH3 is 1. The molecule has 2 N–H and O–H groups in total. The standard InChI is InChI=1S/C14H29N3O3S/c1-3-15-11-13-6-4-5-9-17(13)21(18,19)16-12-7-8-14(10-12)20-2/h12-16H,3-11H2,1-2H3. The molecule has 0 aromatic rings. The van der Waals surface area contributed by atoms with Gasteiger partial charge in [0.1, 0.15) is 0 Å². The normalized spacial score (nSPS) is 31.6. The number of likely N-dealkylation sites (N-methyl/N-ethyl adjacent to an activating group) is 1. The number of rotatable bonds is 7. The molecule has 0 amide bonds. The Hall–Kier alpha value is -0.210. The van der Waals surface area contributed by atoms with Crippen molar-refractivity contribution in [3.8, 4) is 0 Å². The third-order valence-electron chi connectivity index (χ3n) is 4.55. The Bertz CT molecular complexity index is 416. The van der Waals surface area contributed by atoms with Crippen molar-refractivity contribution in [3.63, 3.8) is 0 Å². The topological polar surface area (TPSA) is 70.7 Å². The summed E-state index contributed by atoms with van der Waals surface area (Å²) in [5.41, 5.74) is 0. The van der Waals surface area contributed by atoms with Gasteiger partial charge in [-0.3, -0.25) is 0 Å². The lowest BCUT2D eigenvalue weighted by molar-refractivity contribution is 0.107. The lowest BCUT2D eigenvalue weighted by Crippen LogP contribution is -2.54. The second-order valence-corrected chi connectivity index (χ2v) is 7.71. The summed E-state index contributed by atoms with van der Waals surface area (Å²) in [4.78, 5) is 0. The maximum atomic E-state index is 12.7. The predicted molar refractivity (Wildman–Crippen MR) is 83.4 cm³/mol. The first kappa shape index (κ1) is 17.1. The van der Waals surface area contributed by atoms with E-state index in [9.17, 15) is 8.42 Å². The molecular formula is C14H29N3O3S. The van der Waals surface area contributed by atoms with Crippen LogP contribution in [0.2, 0.25) is 0 Å². The predicted octanol–water partition coefficient (Wildman–Crippen LogP) is 0.852. The molecule has 1 aliphatic heterocycles. The summed E-state index contributed by atoms with van der Waals surface area (Å²) in [6.07, 6.45) is 5.78. The van der Waals surface area contributed by atoms with E-state index in [2.05, 4.69) is 10.0 Å². The summed E-state index contributed by atoms with van der Waals surface area (Å²) in [6, 6.07) is 0.0949. The Morgan fingerprint density at radius 1 is 1.24 bits per heavy atom. The van der Waals surface area contributed by atoms with Crippen molar-refractivity contribution in [3.05, 3.63) is 0 Å². The smallest absolute Gasteiger partial charge is 0.279 e. The molecule has 2 aliphatic rings. The Balaban J connectivity index is 1.96. The maximum absolute atomic E-state index is 12.7. The Morgan fingerprint density at radius 3 is 2.71 bits per heavy atom. The second-order valence-electron chi connectivity index (χ2n) is 6.06. The monoisotopic (exact) mass is 319 g/mol. The van der Waals surface area contributed by atoms with Gasteiger partial charge in [-0.05, 0) is 38.6 Å². The first-order valence-electron chi connectivity index (χ1n) is 8.09. The molecule has 1 saturated carbocycles. The zero-order valence-corrected chi connectivity index (χ0v) is 14.0. The van der Waals surface area contributed by atoms with Crippen LogP contribution in [0.15, 0.2) is 0 Å². The van der Waals surface area contributed by atoms with Crippen molar-refractivity contribution < 1.29 is 13.2 Å². The summed E-state index contributed by atoms with van der Waals surface area (Å²) in [7, 11) is -1.70. The van der Waals surface area contributed by atoms with Crippen molar-refractivity contribution in [1.82, 2.24) is 14.3 Å². The van der Waals surface area contributed by atoms with Crippen molar-refractivity contribution >= 4 is 10.2 Å². The molecule has 3 unspecified atom stereocenters. The molecule has 1 heterocycles. The van der Waals surface area contributed by atoms with Gasteiger partial charge in [-0.25, -0.2) is 0 Å². The SMILES string of the molecule is CCNCC1CCCCN1S(=O)(=O)NC1CCC(OC)C1. The Labute approximate surface area is 128 Å². The van der Waals surface area contributed by atoms with Gasteiger partial charge in [0.2, 0.25) is 0 Å². The minimum atomic E-state index is -3.39. The maximum Gasteiger partial charge on any atom is 0.279 e. The van der Waals surface area contributed by atoms with Crippen LogP contribution in [0.25, 0.3) is 0 Å². The molecule has 2 rings (SSSR count). The van der Waals surface area contributed by atoms with Crippen molar-refractivity contribution in [2.45, 2.75) is 63.6 Å². The number of ether oxygens (including phenoxy) is 1. The van der Waals surface area contributed by atoms with Gasteiger partial charge in [0, 0.05) is 32.3 Å². The van der Waals surface area contributed by atoms with E-state index >= 15 is 0 Å². The van der Waals surface area contributed by atoms with E-state index in [1.807, 2.05) is 6.92 Å². The second kappa shape index (κ2) is 7.87. The van der Waals surface area contributed by atoms with Crippen molar-refractivity contribution in [2.75, 3.05) is 26.7 Å². The van der Waals surface area contributed by atoms with Crippen molar-refractivity contribution in [2.24, 2.45) is 0 Å². The van der Waals surface area contributed by atoms with Crippen LogP contribution in [-0.2, 0) is 14.9 Å². The number of nitrogens with one attached hydrogen (secondary N) is 2. The fourth-order valence-electron chi connectivity index (χ4n) is 3.34. The fraction of sp³-hybridized carbons (Fsp3) is 1.00. The van der Waals surface area contributed by atoms with E-state index in [0.29, 0.717) is 6.54 Å². The highest BCUT2D eigenvalue weighted by atomic mass is 32.2. The van der Waals surface area contributed by atoms with Crippen LogP contribution in [0.4, 0.5) is 0 Å². The molecule has 124 valence electrons. The number of piperidine rings is 1. The van der Waals surface area contributed by atoms with Crippen LogP contribution in [-0.4, -0.2) is 57.7 Å². The van der Waals surface area contributed by atoms with Gasteiger partial charge in [0.25, 0.3) is 10.2 Å². The molecular weight excluding hydrogens is 290 g/mol. The van der Waals surface area contributed by atoms with E-state index < -0.39 is 10.2 Å². The first-order valence-corrected chi connectivity index (χ1v) is 9.53. The number of hydrogen-bond donors (Lipinski definition) is 2. The molecule has 0 aromatic carbocycles. The lowest BCUT2D eigenvalue weighted by Gasteiger charge is -2.35. The van der Waals surface area contributed by atoms with Gasteiger partial charge < -0.3 is 10.1 Å². The molecule has 21 heavy (non-hydrogen) atoms. The number of hydrogen-bond acceptors (Lipinski definition) is 4. The lowest BCUT2D eigenvalue weighted by atomic mass is 10.1. The van der Waals surface area contributed by atoms with E-state index in [4.69, 9.17) is 4.74 Å². The minimum absolute atomic E-state index is 0.0154. The third-order valence-corrected chi connectivity index (χ3v) is 6.27. The van der Waals surface area contributed by atoms with Crippen LogP contribution in [0.5, 0.6) is 0 Å². The van der Waals surface area contributed by atoms with Gasteiger partial charge >= 0.3 is 0 Å². The highest BCUT2D eigenvalue weighted by molar-refractivity contribution is 7.87. The Kier molecular flexibility index (Phi) is 6.43. The summed E-state index contributed by atoms with van der Waals surface area (Å²) >= 11 is 0. The molecule has 3 atom stereocenters. The average Bonchev–Trinajstić information content (AvgIpc) is 2.92. The summed E-state index contributed by atoms with van der Waals surface area (Å²) < 4.78 is 35.2. The molecule has 0 spiro atoms. The largest absolute Gasteiger partial charge is 0.381 e. The molecule has 0 radical (unpaired) electrons. The Morgan fingerprint density at radius 2 is 2.05 bits per heavy atom. The minimum Gasteiger partial charge on any atom is -0.381 e. The van der Waals surface area contributed by atoms with Gasteiger partial charge in [-0.1, -0.05) is 13.3 Å². The van der Waals surface area contributed by atoms with Crippen LogP contribution in [0, 0.1) is 0 Å². The highest BCUT2D eigenvalue weighted by Gasteiger charge is 2.35. The molecule has 6 nitrogen and oxygen atoms in total. The first-order chi connectivity index (χ1) is 10.1. The zero-order valence-electron chi connectivity index (χ0n) is 13.2. The molecule has 0 bridgehead atoms. The molecule has 0 aromatic heterocycles.